The van der Waals surface area contributed by atoms with E-state index in [9.17, 15) is 4.79 Å². The van der Waals surface area contributed by atoms with Gasteiger partial charge in [-0.15, -0.1) is 0 Å². The molecule has 0 unspecified atom stereocenters. The molecule has 0 atom stereocenters. The van der Waals surface area contributed by atoms with Crippen molar-refractivity contribution in [1.82, 2.24) is 19.5 Å². The summed E-state index contributed by atoms with van der Waals surface area (Å²) in [7, 11) is 0. The maximum absolute atomic E-state index is 12.5. The monoisotopic (exact) mass is 425 g/mol. The fourth-order valence-corrected chi connectivity index (χ4v) is 3.26. The van der Waals surface area contributed by atoms with E-state index in [1.54, 1.807) is 42.7 Å². The average molecular weight is 425 g/mol. The fraction of sp³-hybridized carbons (Fsp3) is 0.0833. The van der Waals surface area contributed by atoms with Gasteiger partial charge in [-0.05, 0) is 50.2 Å². The third kappa shape index (κ3) is 3.81. The smallest absolute Gasteiger partial charge is 0.291 e. The Morgan fingerprint density at radius 1 is 1.00 bits per heavy atom. The van der Waals surface area contributed by atoms with Crippen LogP contribution in [0.1, 0.15) is 21.9 Å². The number of aromatic nitrogens is 4. The van der Waals surface area contributed by atoms with Gasteiger partial charge in [0, 0.05) is 22.8 Å². The van der Waals surface area contributed by atoms with Gasteiger partial charge in [-0.1, -0.05) is 18.2 Å². The molecule has 2 aromatic carbocycles. The topological polar surface area (TPSA) is 95.1 Å². The van der Waals surface area contributed by atoms with Gasteiger partial charge >= 0.3 is 0 Å². The van der Waals surface area contributed by atoms with Crippen molar-refractivity contribution >= 4 is 22.6 Å². The number of imidazole rings is 1. The number of carbonyl (C=O) groups excluding carboxylic acids is 1. The number of carbonyl (C=O) groups is 1. The second-order valence-electron chi connectivity index (χ2n) is 7.23. The van der Waals surface area contributed by atoms with E-state index < -0.39 is 0 Å². The summed E-state index contributed by atoms with van der Waals surface area (Å²) in [6.07, 6.45) is 3.16. The Kier molecular flexibility index (Phi) is 4.87. The molecule has 5 aromatic rings. The fourth-order valence-electron chi connectivity index (χ4n) is 3.26. The number of benzene rings is 2. The van der Waals surface area contributed by atoms with E-state index in [1.165, 1.54) is 6.33 Å². The van der Waals surface area contributed by atoms with Crippen LogP contribution < -0.4 is 10.1 Å². The first-order chi connectivity index (χ1) is 15.6. The van der Waals surface area contributed by atoms with Gasteiger partial charge in [-0.3, -0.25) is 9.36 Å². The van der Waals surface area contributed by atoms with Gasteiger partial charge in [0.1, 0.15) is 29.8 Å². The molecule has 1 amide bonds. The van der Waals surface area contributed by atoms with Crippen LogP contribution in [0.15, 0.2) is 77.7 Å². The second kappa shape index (κ2) is 7.99. The molecule has 3 aromatic heterocycles. The van der Waals surface area contributed by atoms with Crippen LogP contribution in [-0.4, -0.2) is 25.4 Å². The minimum absolute atomic E-state index is 0.255. The van der Waals surface area contributed by atoms with Crippen LogP contribution in [0.3, 0.4) is 0 Å². The summed E-state index contributed by atoms with van der Waals surface area (Å²) >= 11 is 0. The summed E-state index contributed by atoms with van der Waals surface area (Å²) < 4.78 is 13.3. The Hall–Kier alpha value is -4.46. The summed E-state index contributed by atoms with van der Waals surface area (Å²) in [5.74, 6) is 1.59. The summed E-state index contributed by atoms with van der Waals surface area (Å²) in [5, 5.41) is 3.71. The van der Waals surface area contributed by atoms with E-state index >= 15 is 0 Å². The summed E-state index contributed by atoms with van der Waals surface area (Å²) in [6.45, 7) is 3.92. The molecule has 0 fully saturated rings. The van der Waals surface area contributed by atoms with E-state index in [0.717, 1.165) is 16.8 Å². The number of amides is 1. The molecule has 1 N–H and O–H groups in total. The number of anilines is 1. The number of para-hydroxylation sites is 1. The van der Waals surface area contributed by atoms with Crippen molar-refractivity contribution in [2.75, 3.05) is 5.32 Å². The molecule has 158 valence electrons. The number of ether oxygens (including phenoxy) is 1. The predicted molar refractivity (Wildman–Crippen MR) is 119 cm³/mol. The first kappa shape index (κ1) is 19.5. The van der Waals surface area contributed by atoms with Crippen molar-refractivity contribution in [2.45, 2.75) is 13.8 Å². The van der Waals surface area contributed by atoms with E-state index in [4.69, 9.17) is 9.15 Å². The van der Waals surface area contributed by atoms with Gasteiger partial charge in [0.25, 0.3) is 5.91 Å². The molecule has 0 aliphatic carbocycles. The molecule has 0 bridgehead atoms. The second-order valence-corrected chi connectivity index (χ2v) is 7.23. The lowest BCUT2D eigenvalue weighted by Gasteiger charge is -2.09. The van der Waals surface area contributed by atoms with E-state index in [-0.39, 0.29) is 11.7 Å². The van der Waals surface area contributed by atoms with Crippen molar-refractivity contribution in [3.8, 4) is 17.4 Å². The van der Waals surface area contributed by atoms with E-state index in [2.05, 4.69) is 20.3 Å². The maximum atomic E-state index is 12.5. The number of nitrogens with one attached hydrogen (secondary N) is 1. The number of nitrogens with zero attached hydrogens (tertiary/aromatic N) is 4. The molecule has 5 rings (SSSR count). The largest absolute Gasteiger partial charge is 0.451 e. The highest BCUT2D eigenvalue weighted by Crippen LogP contribution is 2.24. The molecule has 8 nitrogen and oxygen atoms in total. The van der Waals surface area contributed by atoms with Crippen LogP contribution in [0.25, 0.3) is 16.8 Å². The van der Waals surface area contributed by atoms with Crippen molar-refractivity contribution in [3.63, 3.8) is 0 Å². The van der Waals surface area contributed by atoms with Crippen LogP contribution in [0.4, 0.5) is 5.69 Å². The van der Waals surface area contributed by atoms with Crippen LogP contribution >= 0.6 is 0 Å². The lowest BCUT2D eigenvalue weighted by molar-refractivity contribution is 0.0998. The van der Waals surface area contributed by atoms with Crippen molar-refractivity contribution in [3.05, 3.63) is 90.5 Å². The highest BCUT2D eigenvalue weighted by molar-refractivity contribution is 6.04. The Balaban J connectivity index is 1.28. The average Bonchev–Trinajstić information content (AvgIpc) is 3.39. The molecule has 0 radical (unpaired) electrons. The maximum Gasteiger partial charge on any atom is 0.291 e. The number of hydrogen-bond acceptors (Lipinski definition) is 6. The predicted octanol–water partition coefficient (Wildman–Crippen LogP) is 5.07. The molecule has 0 saturated carbocycles. The van der Waals surface area contributed by atoms with Crippen LogP contribution in [-0.2, 0) is 0 Å². The van der Waals surface area contributed by atoms with E-state index in [0.29, 0.717) is 28.7 Å². The van der Waals surface area contributed by atoms with E-state index in [1.807, 2.05) is 42.7 Å². The number of furan rings is 1. The third-order valence-electron chi connectivity index (χ3n) is 5.11. The Morgan fingerprint density at radius 3 is 2.56 bits per heavy atom. The number of aryl methyl sites for hydroxylation is 1. The van der Waals surface area contributed by atoms with Crippen LogP contribution in [0.2, 0.25) is 0 Å². The number of fused-ring (bicyclic) bond motifs is 1. The van der Waals surface area contributed by atoms with Gasteiger partial charge in [-0.2, -0.15) is 0 Å². The Bertz CT molecular complexity index is 1390. The zero-order chi connectivity index (χ0) is 22.1. The van der Waals surface area contributed by atoms with Crippen molar-refractivity contribution < 1.29 is 13.9 Å². The van der Waals surface area contributed by atoms with Crippen molar-refractivity contribution in [1.29, 1.82) is 0 Å². The minimum atomic E-state index is -0.318. The molecule has 3 heterocycles. The van der Waals surface area contributed by atoms with Crippen molar-refractivity contribution in [2.24, 2.45) is 0 Å². The Morgan fingerprint density at radius 2 is 1.81 bits per heavy atom. The highest BCUT2D eigenvalue weighted by Gasteiger charge is 2.13. The molecular weight excluding hydrogens is 406 g/mol. The summed E-state index contributed by atoms with van der Waals surface area (Å²) in [5.41, 5.74) is 3.23. The zero-order valence-corrected chi connectivity index (χ0v) is 17.4. The van der Waals surface area contributed by atoms with Crippen LogP contribution in [0.5, 0.6) is 11.6 Å². The third-order valence-corrected chi connectivity index (χ3v) is 5.11. The van der Waals surface area contributed by atoms with Crippen LogP contribution in [0, 0.1) is 13.8 Å². The van der Waals surface area contributed by atoms with Gasteiger partial charge < -0.3 is 14.5 Å². The molecule has 0 aliphatic rings. The first-order valence-corrected chi connectivity index (χ1v) is 9.97. The lowest BCUT2D eigenvalue weighted by atomic mass is 10.2. The first-order valence-electron chi connectivity index (χ1n) is 9.97. The zero-order valence-electron chi connectivity index (χ0n) is 17.4. The lowest BCUT2D eigenvalue weighted by Crippen LogP contribution is -2.10. The Labute approximate surface area is 183 Å². The SMILES string of the molecule is Cc1ncn(-c2cc(Oc3ccc(NC(=O)c4cc5ccccc5o4)cc3)ncn2)c1C. The van der Waals surface area contributed by atoms with Gasteiger partial charge in [0.15, 0.2) is 5.76 Å². The normalized spacial score (nSPS) is 10.9. The molecule has 0 aliphatic heterocycles. The summed E-state index contributed by atoms with van der Waals surface area (Å²) in [6, 6.07) is 18.0. The molecule has 32 heavy (non-hydrogen) atoms. The number of rotatable bonds is 5. The summed E-state index contributed by atoms with van der Waals surface area (Å²) in [4.78, 5) is 25.3. The quantitative estimate of drug-likeness (QED) is 0.422. The van der Waals surface area contributed by atoms with Gasteiger partial charge in [-0.25, -0.2) is 15.0 Å². The van der Waals surface area contributed by atoms with Gasteiger partial charge in [0.05, 0.1) is 5.69 Å². The number of hydrogen-bond donors (Lipinski definition) is 1. The van der Waals surface area contributed by atoms with Gasteiger partial charge in [0.2, 0.25) is 5.88 Å². The molecule has 8 heteroatoms. The minimum Gasteiger partial charge on any atom is -0.451 e. The highest BCUT2D eigenvalue weighted by atomic mass is 16.5. The standard InChI is InChI=1S/C24H19N5O3/c1-15-16(2)29(14-27-15)22-12-23(26-13-25-22)31-19-9-7-18(8-10-19)28-24(30)21-11-17-5-3-4-6-20(17)32-21/h3-14H,1-2H3,(H,28,30). The molecule has 0 spiro atoms. The molecular formula is C24H19N5O3. The molecule has 0 saturated heterocycles.